The summed E-state index contributed by atoms with van der Waals surface area (Å²) in [5.41, 5.74) is 1.19. The third-order valence-electron chi connectivity index (χ3n) is 3.87. The largest absolute Gasteiger partial charge is 0.500 e. The van der Waals surface area contributed by atoms with E-state index in [1.165, 1.54) is 0 Å². The summed E-state index contributed by atoms with van der Waals surface area (Å²) in [6.07, 6.45) is 1.86. The maximum absolute atomic E-state index is 6.09. The van der Waals surface area contributed by atoms with Crippen LogP contribution < -0.4 is 10.2 Å². The van der Waals surface area contributed by atoms with Crippen LogP contribution in [-0.4, -0.2) is 29.4 Å². The molecule has 0 aromatic carbocycles. The first-order valence-corrected chi connectivity index (χ1v) is 7.11. The van der Waals surface area contributed by atoms with Crippen LogP contribution in [0.3, 0.4) is 0 Å². The lowest BCUT2D eigenvalue weighted by molar-refractivity contribution is 0.00578. The molecule has 1 saturated heterocycles. The summed E-state index contributed by atoms with van der Waals surface area (Å²) in [7, 11) is -0.443. The molecule has 0 atom stereocenters. The molecule has 0 amide bonds. The van der Waals surface area contributed by atoms with E-state index in [-0.39, 0.29) is 17.3 Å². The highest BCUT2D eigenvalue weighted by molar-refractivity contribution is 6.63. The van der Waals surface area contributed by atoms with Crippen LogP contribution >= 0.6 is 0 Å². The zero-order chi connectivity index (χ0) is 15.1. The molecule has 0 aliphatic carbocycles. The Balaban J connectivity index is 2.36. The Morgan fingerprint density at radius 2 is 1.70 bits per heavy atom. The lowest BCUT2D eigenvalue weighted by Gasteiger charge is -2.32. The molecule has 0 bridgehead atoms. The van der Waals surface area contributed by atoms with Crippen LogP contribution in [-0.2, 0) is 9.31 Å². The zero-order valence-corrected chi connectivity index (χ0v) is 13.5. The van der Waals surface area contributed by atoms with Crippen molar-refractivity contribution in [1.29, 1.82) is 0 Å². The molecule has 1 aliphatic rings. The number of nitrogens with zero attached hydrogens (tertiary/aromatic N) is 1. The highest BCUT2D eigenvalue weighted by Gasteiger charge is 2.52. The van der Waals surface area contributed by atoms with Gasteiger partial charge in [-0.05, 0) is 54.0 Å². The van der Waals surface area contributed by atoms with Gasteiger partial charge in [0, 0.05) is 11.7 Å². The maximum Gasteiger partial charge on any atom is 0.500 e. The summed E-state index contributed by atoms with van der Waals surface area (Å²) in [6.45, 7) is 14.1. The van der Waals surface area contributed by atoms with E-state index < -0.39 is 7.12 Å². The number of rotatable bonds is 3. The Morgan fingerprint density at radius 1 is 1.15 bits per heavy atom. The molecule has 1 aliphatic heterocycles. The van der Waals surface area contributed by atoms with Crippen LogP contribution in [0.2, 0.25) is 0 Å². The number of hydrogen-bond acceptors (Lipinski definition) is 4. The second-order valence-corrected chi connectivity index (χ2v) is 6.66. The summed E-state index contributed by atoms with van der Waals surface area (Å²) in [4.78, 5) is 4.38. The summed E-state index contributed by atoms with van der Waals surface area (Å²) >= 11 is 0. The third-order valence-corrected chi connectivity index (χ3v) is 3.87. The van der Waals surface area contributed by atoms with Crippen LogP contribution in [0, 0.1) is 6.92 Å². The fourth-order valence-corrected chi connectivity index (χ4v) is 2.04. The van der Waals surface area contributed by atoms with Gasteiger partial charge in [-0.25, -0.2) is 4.98 Å². The average Bonchev–Trinajstić information content (AvgIpc) is 2.50. The standard InChI is InChI=1S/C15H24BNO3/c1-10(2)18-13-12(8-11(3)9-17-13)16-19-14(4,5)15(6,7)20-16/h8-10H,1-7H3. The van der Waals surface area contributed by atoms with E-state index in [2.05, 4.69) is 4.98 Å². The Kier molecular flexibility index (Phi) is 3.86. The topological polar surface area (TPSA) is 40.6 Å². The van der Waals surface area contributed by atoms with Gasteiger partial charge in [0.15, 0.2) is 0 Å². The van der Waals surface area contributed by atoms with Crippen molar-refractivity contribution < 1.29 is 14.0 Å². The fourth-order valence-electron chi connectivity index (χ4n) is 2.04. The second-order valence-electron chi connectivity index (χ2n) is 6.66. The molecule has 0 spiro atoms. The Bertz CT molecular complexity index is 484. The van der Waals surface area contributed by atoms with Crippen LogP contribution in [0.25, 0.3) is 0 Å². The van der Waals surface area contributed by atoms with E-state index >= 15 is 0 Å². The van der Waals surface area contributed by atoms with Gasteiger partial charge in [-0.3, -0.25) is 0 Å². The third kappa shape index (κ3) is 2.84. The van der Waals surface area contributed by atoms with Crippen molar-refractivity contribution in [2.45, 2.75) is 65.8 Å². The minimum Gasteiger partial charge on any atom is -0.475 e. The monoisotopic (exact) mass is 277 g/mol. The highest BCUT2D eigenvalue weighted by Crippen LogP contribution is 2.37. The van der Waals surface area contributed by atoms with Gasteiger partial charge in [-0.1, -0.05) is 6.07 Å². The minimum atomic E-state index is -0.443. The number of hydrogen-bond donors (Lipinski definition) is 0. The Labute approximate surface area is 122 Å². The van der Waals surface area contributed by atoms with Crippen molar-refractivity contribution >= 4 is 12.6 Å². The molecule has 0 unspecified atom stereocenters. The van der Waals surface area contributed by atoms with Crippen LogP contribution in [0.5, 0.6) is 5.88 Å². The van der Waals surface area contributed by atoms with Crippen molar-refractivity contribution in [2.24, 2.45) is 0 Å². The lowest BCUT2D eigenvalue weighted by atomic mass is 9.79. The normalized spacial score (nSPS) is 20.5. The summed E-state index contributed by atoms with van der Waals surface area (Å²) in [5.74, 6) is 0.587. The van der Waals surface area contributed by atoms with E-state index in [0.29, 0.717) is 5.88 Å². The van der Waals surface area contributed by atoms with Gasteiger partial charge in [-0.2, -0.15) is 0 Å². The molecule has 0 saturated carbocycles. The predicted molar refractivity (Wildman–Crippen MR) is 80.5 cm³/mol. The van der Waals surface area contributed by atoms with Crippen molar-refractivity contribution in [3.63, 3.8) is 0 Å². The number of aryl methyl sites for hydroxylation is 1. The second kappa shape index (κ2) is 5.04. The van der Waals surface area contributed by atoms with Gasteiger partial charge >= 0.3 is 7.12 Å². The van der Waals surface area contributed by atoms with Gasteiger partial charge in [-0.15, -0.1) is 0 Å². The Morgan fingerprint density at radius 3 is 2.20 bits per heavy atom. The van der Waals surface area contributed by atoms with E-state index in [1.54, 1.807) is 6.20 Å². The SMILES string of the molecule is Cc1cnc(OC(C)C)c(B2OC(C)(C)C(C)(C)O2)c1. The minimum absolute atomic E-state index is 0.0615. The Hall–Kier alpha value is -1.07. The molecule has 110 valence electrons. The zero-order valence-electron chi connectivity index (χ0n) is 13.5. The molecule has 1 fully saturated rings. The smallest absolute Gasteiger partial charge is 0.475 e. The summed E-state index contributed by atoms with van der Waals surface area (Å²) in [5, 5.41) is 0. The van der Waals surface area contributed by atoms with Crippen molar-refractivity contribution in [1.82, 2.24) is 4.98 Å². The molecule has 5 heteroatoms. The molecule has 4 nitrogen and oxygen atoms in total. The average molecular weight is 277 g/mol. The summed E-state index contributed by atoms with van der Waals surface area (Å²) in [6, 6.07) is 2.02. The van der Waals surface area contributed by atoms with Gasteiger partial charge in [0.05, 0.1) is 17.3 Å². The lowest BCUT2D eigenvalue weighted by Crippen LogP contribution is -2.41. The number of ether oxygens (including phenoxy) is 1. The molecule has 2 heterocycles. The van der Waals surface area contributed by atoms with Gasteiger partial charge < -0.3 is 14.0 Å². The predicted octanol–water partition coefficient (Wildman–Crippen LogP) is 2.48. The first-order valence-electron chi connectivity index (χ1n) is 7.11. The van der Waals surface area contributed by atoms with Crippen LogP contribution in [0.4, 0.5) is 0 Å². The van der Waals surface area contributed by atoms with E-state index in [0.717, 1.165) is 11.0 Å². The first kappa shape index (κ1) is 15.3. The molecule has 20 heavy (non-hydrogen) atoms. The highest BCUT2D eigenvalue weighted by atomic mass is 16.7. The van der Waals surface area contributed by atoms with E-state index in [1.807, 2.05) is 54.5 Å². The number of aromatic nitrogens is 1. The molecule has 0 radical (unpaired) electrons. The van der Waals surface area contributed by atoms with Crippen molar-refractivity contribution in [2.75, 3.05) is 0 Å². The van der Waals surface area contributed by atoms with E-state index in [4.69, 9.17) is 14.0 Å². The summed E-state index contributed by atoms with van der Waals surface area (Å²) < 4.78 is 17.9. The van der Waals surface area contributed by atoms with E-state index in [9.17, 15) is 0 Å². The molecule has 2 rings (SSSR count). The van der Waals surface area contributed by atoms with Crippen molar-refractivity contribution in [3.05, 3.63) is 17.8 Å². The quantitative estimate of drug-likeness (QED) is 0.796. The van der Waals surface area contributed by atoms with Crippen LogP contribution in [0.1, 0.15) is 47.1 Å². The maximum atomic E-state index is 6.09. The van der Waals surface area contributed by atoms with Gasteiger partial charge in [0.2, 0.25) is 5.88 Å². The van der Waals surface area contributed by atoms with Crippen LogP contribution in [0.15, 0.2) is 12.3 Å². The number of pyridine rings is 1. The molecular formula is C15H24BNO3. The van der Waals surface area contributed by atoms with Crippen molar-refractivity contribution in [3.8, 4) is 5.88 Å². The molecular weight excluding hydrogens is 253 g/mol. The fraction of sp³-hybridized carbons (Fsp3) is 0.667. The van der Waals surface area contributed by atoms with Gasteiger partial charge in [0.1, 0.15) is 0 Å². The van der Waals surface area contributed by atoms with Gasteiger partial charge in [0.25, 0.3) is 0 Å². The molecule has 1 aromatic heterocycles. The first-order chi connectivity index (χ1) is 9.12. The molecule has 0 N–H and O–H groups in total. The molecule has 1 aromatic rings.